The maximum Gasteiger partial charge on any atom is 0.306 e. The highest BCUT2D eigenvalue weighted by Crippen LogP contribution is 2.71. The Labute approximate surface area is 195 Å². The fourth-order valence-corrected chi connectivity index (χ4v) is 10.3. The maximum absolute atomic E-state index is 12.2. The van der Waals surface area contributed by atoms with Crippen LogP contribution in [0.4, 0.5) is 0 Å². The van der Waals surface area contributed by atoms with Crippen LogP contribution in [0.2, 0.25) is 0 Å². The second-order valence-corrected chi connectivity index (χ2v) is 13.2. The Bertz CT molecular complexity index is 718. The number of carboxylic acid groups (broad SMARTS) is 1. The molecule has 0 aromatic heterocycles. The van der Waals surface area contributed by atoms with E-state index in [1.165, 1.54) is 25.7 Å². The lowest BCUT2D eigenvalue weighted by Gasteiger charge is -2.68. The zero-order valence-electron chi connectivity index (χ0n) is 21.3. The first-order valence-corrected chi connectivity index (χ1v) is 13.5. The lowest BCUT2D eigenvalue weighted by Crippen LogP contribution is -2.66. The van der Waals surface area contributed by atoms with Crippen LogP contribution >= 0.6 is 0 Å². The number of aliphatic hydroxyl groups is 2. The van der Waals surface area contributed by atoms with Crippen molar-refractivity contribution in [1.29, 1.82) is 0 Å². The van der Waals surface area contributed by atoms with Crippen LogP contribution in [-0.4, -0.2) is 33.0 Å². The Kier molecular flexibility index (Phi) is 6.32. The zero-order valence-corrected chi connectivity index (χ0v) is 21.3. The SMILES string of the molecule is CC[C@@H]1[C@@H]2C[C@H](O)CC[C@]2(C)C2CC[C@@]3(C)C(CC[C@@H]3[C@@H](C)CC(C)C(=O)O)C2[C@]1(C)O. The summed E-state index contributed by atoms with van der Waals surface area (Å²) in [6.45, 7) is 13.5. The number of carbonyl (C=O) groups is 1. The summed E-state index contributed by atoms with van der Waals surface area (Å²) in [7, 11) is 0. The minimum atomic E-state index is -0.695. The molecule has 12 atom stereocenters. The van der Waals surface area contributed by atoms with Crippen LogP contribution in [0.5, 0.6) is 0 Å². The van der Waals surface area contributed by atoms with E-state index in [0.717, 1.165) is 32.1 Å². The summed E-state index contributed by atoms with van der Waals surface area (Å²) in [5, 5.41) is 32.2. The van der Waals surface area contributed by atoms with Crippen molar-refractivity contribution >= 4 is 5.97 Å². The van der Waals surface area contributed by atoms with Crippen molar-refractivity contribution in [3.63, 3.8) is 0 Å². The van der Waals surface area contributed by atoms with E-state index in [0.29, 0.717) is 35.5 Å². The molecular weight excluding hydrogens is 400 g/mol. The second kappa shape index (κ2) is 8.26. The molecule has 0 spiro atoms. The number of hydrogen-bond donors (Lipinski definition) is 3. The molecule has 32 heavy (non-hydrogen) atoms. The van der Waals surface area contributed by atoms with Crippen LogP contribution in [-0.2, 0) is 4.79 Å². The van der Waals surface area contributed by atoms with E-state index in [1.807, 2.05) is 6.92 Å². The van der Waals surface area contributed by atoms with Gasteiger partial charge < -0.3 is 15.3 Å². The van der Waals surface area contributed by atoms with Gasteiger partial charge in [-0.1, -0.05) is 41.0 Å². The largest absolute Gasteiger partial charge is 0.481 e. The molecule has 4 fully saturated rings. The summed E-state index contributed by atoms with van der Waals surface area (Å²) >= 11 is 0. The quantitative estimate of drug-likeness (QED) is 0.500. The number of aliphatic hydroxyl groups excluding tert-OH is 1. The average molecular weight is 449 g/mol. The Morgan fingerprint density at radius 1 is 0.969 bits per heavy atom. The van der Waals surface area contributed by atoms with Gasteiger partial charge in [0, 0.05) is 0 Å². The van der Waals surface area contributed by atoms with Gasteiger partial charge in [-0.2, -0.15) is 0 Å². The smallest absolute Gasteiger partial charge is 0.306 e. The molecule has 4 rings (SSSR count). The van der Waals surface area contributed by atoms with Crippen molar-refractivity contribution in [2.75, 3.05) is 0 Å². The Hall–Kier alpha value is -0.610. The number of carboxylic acids is 1. The van der Waals surface area contributed by atoms with Crippen molar-refractivity contribution in [3.8, 4) is 0 Å². The van der Waals surface area contributed by atoms with Gasteiger partial charge in [0.05, 0.1) is 17.6 Å². The molecule has 0 aromatic rings. The topological polar surface area (TPSA) is 77.8 Å². The van der Waals surface area contributed by atoms with Crippen LogP contribution in [0.3, 0.4) is 0 Å². The molecule has 4 nitrogen and oxygen atoms in total. The van der Waals surface area contributed by atoms with Crippen molar-refractivity contribution in [2.45, 2.75) is 111 Å². The van der Waals surface area contributed by atoms with Crippen LogP contribution in [0.1, 0.15) is 99.3 Å². The molecule has 4 aliphatic carbocycles. The highest BCUT2D eigenvalue weighted by Gasteiger charge is 2.68. The summed E-state index contributed by atoms with van der Waals surface area (Å²) in [6.07, 6.45) is 9.07. The highest BCUT2D eigenvalue weighted by atomic mass is 16.4. The normalized spacial score (nSPS) is 52.4. The van der Waals surface area contributed by atoms with E-state index in [2.05, 4.69) is 34.6 Å². The molecule has 4 heteroatoms. The fraction of sp³-hybridized carbons (Fsp3) is 0.964. The molecule has 0 radical (unpaired) electrons. The molecule has 4 saturated carbocycles. The Balaban J connectivity index is 1.66. The van der Waals surface area contributed by atoms with E-state index in [-0.39, 0.29) is 28.8 Å². The predicted molar refractivity (Wildman–Crippen MR) is 127 cm³/mol. The van der Waals surface area contributed by atoms with E-state index < -0.39 is 11.6 Å². The Morgan fingerprint density at radius 2 is 1.59 bits per heavy atom. The summed E-state index contributed by atoms with van der Waals surface area (Å²) in [4.78, 5) is 11.5. The molecule has 4 unspecified atom stereocenters. The summed E-state index contributed by atoms with van der Waals surface area (Å²) in [5.41, 5.74) is -0.284. The third-order valence-corrected chi connectivity index (χ3v) is 11.8. The molecule has 4 aliphatic rings. The van der Waals surface area contributed by atoms with Gasteiger partial charge in [-0.05, 0) is 111 Å². The summed E-state index contributed by atoms with van der Waals surface area (Å²) in [5.74, 6) is 1.99. The summed E-state index contributed by atoms with van der Waals surface area (Å²) in [6, 6.07) is 0. The zero-order chi connectivity index (χ0) is 23.6. The third-order valence-electron chi connectivity index (χ3n) is 11.8. The molecule has 0 amide bonds. The molecule has 0 aromatic carbocycles. The highest BCUT2D eigenvalue weighted by molar-refractivity contribution is 5.69. The maximum atomic E-state index is 12.2. The van der Waals surface area contributed by atoms with Crippen molar-refractivity contribution in [2.24, 2.45) is 58.2 Å². The minimum Gasteiger partial charge on any atom is -0.481 e. The van der Waals surface area contributed by atoms with Crippen molar-refractivity contribution in [3.05, 3.63) is 0 Å². The molecule has 0 saturated heterocycles. The van der Waals surface area contributed by atoms with Gasteiger partial charge in [-0.25, -0.2) is 0 Å². The van der Waals surface area contributed by atoms with Gasteiger partial charge in [0.2, 0.25) is 0 Å². The van der Waals surface area contributed by atoms with Gasteiger partial charge in [-0.3, -0.25) is 4.79 Å². The van der Waals surface area contributed by atoms with Gasteiger partial charge in [0.25, 0.3) is 0 Å². The molecular formula is C28H48O4. The van der Waals surface area contributed by atoms with E-state index >= 15 is 0 Å². The monoisotopic (exact) mass is 448 g/mol. The fourth-order valence-electron chi connectivity index (χ4n) is 10.3. The van der Waals surface area contributed by atoms with Crippen molar-refractivity contribution in [1.82, 2.24) is 0 Å². The van der Waals surface area contributed by atoms with E-state index in [1.54, 1.807) is 0 Å². The first-order chi connectivity index (χ1) is 14.9. The molecule has 0 aliphatic heterocycles. The molecule has 184 valence electrons. The lowest BCUT2D eigenvalue weighted by atomic mass is 9.38. The van der Waals surface area contributed by atoms with Gasteiger partial charge >= 0.3 is 5.97 Å². The lowest BCUT2D eigenvalue weighted by molar-refractivity contribution is -0.245. The number of hydrogen-bond acceptors (Lipinski definition) is 3. The number of fused-ring (bicyclic) bond motifs is 5. The number of rotatable bonds is 5. The third kappa shape index (κ3) is 3.49. The Morgan fingerprint density at radius 3 is 2.22 bits per heavy atom. The van der Waals surface area contributed by atoms with Gasteiger partial charge in [-0.15, -0.1) is 0 Å². The van der Waals surface area contributed by atoms with Crippen molar-refractivity contribution < 1.29 is 20.1 Å². The van der Waals surface area contributed by atoms with E-state index in [4.69, 9.17) is 0 Å². The minimum absolute atomic E-state index is 0.193. The van der Waals surface area contributed by atoms with Gasteiger partial charge in [0.15, 0.2) is 0 Å². The summed E-state index contributed by atoms with van der Waals surface area (Å²) < 4.78 is 0. The van der Waals surface area contributed by atoms with Crippen LogP contribution < -0.4 is 0 Å². The predicted octanol–water partition coefficient (Wildman–Crippen LogP) is 5.75. The molecule has 0 heterocycles. The van der Waals surface area contributed by atoms with Crippen LogP contribution in [0, 0.1) is 58.2 Å². The van der Waals surface area contributed by atoms with E-state index in [9.17, 15) is 20.1 Å². The van der Waals surface area contributed by atoms with Crippen LogP contribution in [0.15, 0.2) is 0 Å². The molecule has 3 N–H and O–H groups in total. The first kappa shape index (κ1) is 24.5. The average Bonchev–Trinajstić information content (AvgIpc) is 3.06. The van der Waals surface area contributed by atoms with Crippen LogP contribution in [0.25, 0.3) is 0 Å². The van der Waals surface area contributed by atoms with Gasteiger partial charge in [0.1, 0.15) is 0 Å². The molecule has 0 bridgehead atoms. The second-order valence-electron chi connectivity index (χ2n) is 13.2. The standard InChI is InChI=1S/C28H48O4/c1-7-19-23-15-18(29)10-12-27(23,5)22-11-13-26(4)20(16(2)14-17(3)25(30)31)8-9-21(26)24(22)28(19,6)32/h16-24,29,32H,7-15H2,1-6H3,(H,30,31)/t16-,17?,18+,19+,20+,21?,22?,23-,24?,26+,27+,28+/m0/s1. The first-order valence-electron chi connectivity index (χ1n) is 13.5. The number of aliphatic carboxylic acids is 1.